The molecule has 4 heteroatoms. The molecule has 1 amide bonds. The zero-order valence-corrected chi connectivity index (χ0v) is 9.82. The van der Waals surface area contributed by atoms with Gasteiger partial charge in [-0.25, -0.2) is 0 Å². The van der Waals surface area contributed by atoms with Crippen LogP contribution in [0.15, 0.2) is 36.9 Å². The van der Waals surface area contributed by atoms with Gasteiger partial charge in [0.05, 0.1) is 5.56 Å². The summed E-state index contributed by atoms with van der Waals surface area (Å²) < 4.78 is 5.41. The van der Waals surface area contributed by atoms with Crippen LogP contribution in [0.2, 0.25) is 0 Å². The van der Waals surface area contributed by atoms with Crippen LogP contribution in [-0.4, -0.2) is 25.6 Å². The fraction of sp³-hybridized carbons (Fsp3) is 0.308. The van der Waals surface area contributed by atoms with Crippen molar-refractivity contribution < 1.29 is 9.53 Å². The van der Waals surface area contributed by atoms with Crippen molar-refractivity contribution in [1.82, 2.24) is 5.32 Å². The largest absolute Gasteiger partial charge is 0.489 e. The Kier molecular flexibility index (Phi) is 5.82. The second-order valence-electron chi connectivity index (χ2n) is 3.49. The molecule has 1 aromatic rings. The van der Waals surface area contributed by atoms with Crippen molar-refractivity contribution in [3.8, 4) is 5.75 Å². The van der Waals surface area contributed by atoms with Crippen molar-refractivity contribution in [2.75, 3.05) is 19.7 Å². The molecule has 3 N–H and O–H groups in total. The maximum absolute atomic E-state index is 11.8. The van der Waals surface area contributed by atoms with Gasteiger partial charge in [-0.05, 0) is 25.1 Å². The van der Waals surface area contributed by atoms with Crippen molar-refractivity contribution in [1.29, 1.82) is 0 Å². The van der Waals surface area contributed by atoms with Crippen LogP contribution in [0.5, 0.6) is 5.75 Å². The summed E-state index contributed by atoms with van der Waals surface area (Å²) >= 11 is 0. The van der Waals surface area contributed by atoms with E-state index in [1.165, 1.54) is 0 Å². The van der Waals surface area contributed by atoms with Gasteiger partial charge in [-0.15, -0.1) is 0 Å². The number of nitrogens with two attached hydrogens (primary N) is 1. The first kappa shape index (κ1) is 13.3. The molecule has 0 aliphatic carbocycles. The number of carbonyl (C=O) groups excluding carboxylic acids is 1. The Labute approximate surface area is 101 Å². The normalized spacial score (nSPS) is 9.71. The highest BCUT2D eigenvalue weighted by atomic mass is 16.5. The summed E-state index contributed by atoms with van der Waals surface area (Å²) in [5, 5.41) is 2.79. The number of amides is 1. The summed E-state index contributed by atoms with van der Waals surface area (Å²) in [5.41, 5.74) is 5.90. The first-order valence-corrected chi connectivity index (χ1v) is 5.60. The van der Waals surface area contributed by atoms with E-state index in [2.05, 4.69) is 11.9 Å². The SMILES string of the molecule is C=CCOc1ccccc1C(=O)NCCCN. The lowest BCUT2D eigenvalue weighted by atomic mass is 10.2. The summed E-state index contributed by atoms with van der Waals surface area (Å²) in [5.74, 6) is 0.427. The third kappa shape index (κ3) is 4.28. The van der Waals surface area contributed by atoms with Crippen molar-refractivity contribution in [2.24, 2.45) is 5.73 Å². The Bertz CT molecular complexity index is 377. The zero-order chi connectivity index (χ0) is 12.5. The van der Waals surface area contributed by atoms with Gasteiger partial charge in [0.25, 0.3) is 5.91 Å². The van der Waals surface area contributed by atoms with E-state index in [1.54, 1.807) is 24.3 Å². The number of hydrogen-bond acceptors (Lipinski definition) is 3. The highest BCUT2D eigenvalue weighted by molar-refractivity contribution is 5.96. The van der Waals surface area contributed by atoms with Gasteiger partial charge in [0.2, 0.25) is 0 Å². The van der Waals surface area contributed by atoms with E-state index in [9.17, 15) is 4.79 Å². The van der Waals surface area contributed by atoms with E-state index in [4.69, 9.17) is 10.5 Å². The molecule has 1 aromatic carbocycles. The zero-order valence-electron chi connectivity index (χ0n) is 9.82. The van der Waals surface area contributed by atoms with Gasteiger partial charge < -0.3 is 15.8 Å². The number of para-hydroxylation sites is 1. The Balaban J connectivity index is 2.67. The molecule has 0 aliphatic heterocycles. The number of ether oxygens (including phenoxy) is 1. The van der Waals surface area contributed by atoms with E-state index >= 15 is 0 Å². The van der Waals surface area contributed by atoms with E-state index in [1.807, 2.05) is 6.07 Å². The third-order valence-corrected chi connectivity index (χ3v) is 2.15. The van der Waals surface area contributed by atoms with E-state index in [0.717, 1.165) is 6.42 Å². The first-order chi connectivity index (χ1) is 8.29. The van der Waals surface area contributed by atoms with Gasteiger partial charge in [0.15, 0.2) is 0 Å². The molecular weight excluding hydrogens is 216 g/mol. The van der Waals surface area contributed by atoms with Gasteiger partial charge in [-0.2, -0.15) is 0 Å². The number of nitrogens with one attached hydrogen (secondary N) is 1. The molecule has 1 rings (SSSR count). The van der Waals surface area contributed by atoms with Crippen LogP contribution in [-0.2, 0) is 0 Å². The van der Waals surface area contributed by atoms with Gasteiger partial charge in [-0.1, -0.05) is 24.8 Å². The summed E-state index contributed by atoms with van der Waals surface area (Å²) in [4.78, 5) is 11.8. The summed E-state index contributed by atoms with van der Waals surface area (Å²) in [7, 11) is 0. The molecule has 0 heterocycles. The van der Waals surface area contributed by atoms with Gasteiger partial charge in [0.1, 0.15) is 12.4 Å². The maximum atomic E-state index is 11.8. The summed E-state index contributed by atoms with van der Waals surface area (Å²) in [6.07, 6.45) is 2.41. The average molecular weight is 234 g/mol. The van der Waals surface area contributed by atoms with Gasteiger partial charge in [-0.3, -0.25) is 4.79 Å². The molecule has 17 heavy (non-hydrogen) atoms. The van der Waals surface area contributed by atoms with E-state index in [-0.39, 0.29) is 5.91 Å². The fourth-order valence-corrected chi connectivity index (χ4v) is 1.33. The predicted molar refractivity (Wildman–Crippen MR) is 68.1 cm³/mol. The minimum atomic E-state index is -0.141. The molecule has 0 bridgehead atoms. The number of rotatable bonds is 7. The summed E-state index contributed by atoms with van der Waals surface area (Å²) in [6.45, 7) is 5.09. The standard InChI is InChI=1S/C13H18N2O2/c1-2-10-17-12-7-4-3-6-11(12)13(16)15-9-5-8-14/h2-4,6-7H,1,5,8-10,14H2,(H,15,16). The second kappa shape index (κ2) is 7.46. The van der Waals surface area contributed by atoms with Gasteiger partial charge in [0, 0.05) is 6.54 Å². The Morgan fingerprint density at radius 2 is 2.24 bits per heavy atom. The third-order valence-electron chi connectivity index (χ3n) is 2.15. The molecular formula is C13H18N2O2. The molecule has 0 spiro atoms. The van der Waals surface area contributed by atoms with E-state index in [0.29, 0.717) is 31.0 Å². The molecule has 0 aliphatic rings. The van der Waals surface area contributed by atoms with Crippen LogP contribution in [0.3, 0.4) is 0 Å². The lowest BCUT2D eigenvalue weighted by Crippen LogP contribution is -2.26. The van der Waals surface area contributed by atoms with Crippen molar-refractivity contribution in [3.63, 3.8) is 0 Å². The molecule has 0 aromatic heterocycles. The van der Waals surface area contributed by atoms with Crippen LogP contribution in [0.25, 0.3) is 0 Å². The topological polar surface area (TPSA) is 64.3 Å². The monoisotopic (exact) mass is 234 g/mol. The van der Waals surface area contributed by atoms with Crippen LogP contribution >= 0.6 is 0 Å². The molecule has 4 nitrogen and oxygen atoms in total. The van der Waals surface area contributed by atoms with E-state index < -0.39 is 0 Å². The summed E-state index contributed by atoms with van der Waals surface area (Å²) in [6, 6.07) is 7.13. The smallest absolute Gasteiger partial charge is 0.255 e. The Morgan fingerprint density at radius 3 is 2.94 bits per heavy atom. The van der Waals surface area contributed by atoms with Crippen molar-refractivity contribution >= 4 is 5.91 Å². The lowest BCUT2D eigenvalue weighted by Gasteiger charge is -2.10. The molecule has 0 fully saturated rings. The molecule has 92 valence electrons. The highest BCUT2D eigenvalue weighted by Crippen LogP contribution is 2.17. The van der Waals surface area contributed by atoms with Gasteiger partial charge >= 0.3 is 0 Å². The minimum Gasteiger partial charge on any atom is -0.489 e. The molecule has 0 saturated heterocycles. The van der Waals surface area contributed by atoms with Crippen molar-refractivity contribution in [2.45, 2.75) is 6.42 Å². The number of benzene rings is 1. The molecule has 0 atom stereocenters. The van der Waals surface area contributed by atoms with Crippen LogP contribution in [0.4, 0.5) is 0 Å². The minimum absolute atomic E-state index is 0.141. The Hall–Kier alpha value is -1.81. The maximum Gasteiger partial charge on any atom is 0.255 e. The fourth-order valence-electron chi connectivity index (χ4n) is 1.33. The highest BCUT2D eigenvalue weighted by Gasteiger charge is 2.10. The second-order valence-corrected chi connectivity index (χ2v) is 3.49. The van der Waals surface area contributed by atoms with Crippen molar-refractivity contribution in [3.05, 3.63) is 42.5 Å². The molecule has 0 radical (unpaired) electrons. The average Bonchev–Trinajstić information content (AvgIpc) is 2.37. The van der Waals surface area contributed by atoms with Crippen LogP contribution in [0, 0.1) is 0 Å². The number of carbonyl (C=O) groups is 1. The first-order valence-electron chi connectivity index (χ1n) is 5.60. The number of hydrogen-bond donors (Lipinski definition) is 2. The van der Waals surface area contributed by atoms with Crippen LogP contribution in [0.1, 0.15) is 16.8 Å². The predicted octanol–water partition coefficient (Wildman–Crippen LogP) is 1.33. The lowest BCUT2D eigenvalue weighted by molar-refractivity contribution is 0.0950. The molecule has 0 saturated carbocycles. The van der Waals surface area contributed by atoms with Crippen LogP contribution < -0.4 is 15.8 Å². The molecule has 0 unspecified atom stereocenters. The quantitative estimate of drug-likeness (QED) is 0.552. The Morgan fingerprint density at radius 1 is 1.47 bits per heavy atom.